The van der Waals surface area contributed by atoms with E-state index in [0.717, 1.165) is 27.8 Å². The van der Waals surface area contributed by atoms with E-state index in [2.05, 4.69) is 9.97 Å². The number of rotatable bonds is 3. The molecule has 114 valence electrons. The van der Waals surface area contributed by atoms with Crippen molar-refractivity contribution in [1.82, 2.24) is 19.1 Å². The van der Waals surface area contributed by atoms with Crippen LogP contribution < -0.4 is 5.69 Å². The third-order valence-corrected chi connectivity index (χ3v) is 4.07. The van der Waals surface area contributed by atoms with Gasteiger partial charge in [0, 0.05) is 18.1 Å². The first-order chi connectivity index (χ1) is 11.3. The van der Waals surface area contributed by atoms with E-state index >= 15 is 0 Å². The molecule has 0 aliphatic rings. The van der Waals surface area contributed by atoms with Crippen molar-refractivity contribution < 1.29 is 0 Å². The Morgan fingerprint density at radius 2 is 1.87 bits per heavy atom. The zero-order chi connectivity index (χ0) is 15.8. The van der Waals surface area contributed by atoms with Crippen molar-refractivity contribution >= 4 is 22.1 Å². The summed E-state index contributed by atoms with van der Waals surface area (Å²) < 4.78 is 3.43. The summed E-state index contributed by atoms with van der Waals surface area (Å²) in [4.78, 5) is 21.7. The Bertz CT molecular complexity index is 1060. The number of para-hydroxylation sites is 1. The molecule has 0 aliphatic heterocycles. The molecule has 4 aromatic rings. The molecule has 5 heteroatoms. The van der Waals surface area contributed by atoms with Crippen LogP contribution in [0.25, 0.3) is 22.1 Å². The molecule has 0 unspecified atom stereocenters. The van der Waals surface area contributed by atoms with Gasteiger partial charge >= 0.3 is 5.69 Å². The molecule has 0 bridgehead atoms. The largest absolute Gasteiger partial charge is 0.330 e. The molecule has 0 radical (unpaired) electrons. The lowest BCUT2D eigenvalue weighted by Gasteiger charge is -2.04. The van der Waals surface area contributed by atoms with Gasteiger partial charge in [-0.3, -0.25) is 14.1 Å². The third kappa shape index (κ3) is 2.21. The average Bonchev–Trinajstić information content (AvgIpc) is 2.86. The minimum absolute atomic E-state index is 0.0452. The van der Waals surface area contributed by atoms with E-state index in [1.165, 1.54) is 0 Å². The predicted molar refractivity (Wildman–Crippen MR) is 90.5 cm³/mol. The number of imidazole rings is 1. The zero-order valence-corrected chi connectivity index (χ0v) is 12.8. The summed E-state index contributed by atoms with van der Waals surface area (Å²) in [6, 6.07) is 15.8. The number of nitrogens with zero attached hydrogens (tertiary/aromatic N) is 4. The van der Waals surface area contributed by atoms with Gasteiger partial charge in [0.25, 0.3) is 0 Å². The standard InChI is InChI=1S/C18H16N4O/c1-2-21-17-16(8-5-11-19-17)22(18(21)23)12-14-10-9-13-6-3-4-7-15(13)20-14/h3-11H,2,12H2,1H3. The molecule has 4 rings (SSSR count). The Hall–Kier alpha value is -2.95. The van der Waals surface area contributed by atoms with Crippen LogP contribution in [0.4, 0.5) is 0 Å². The zero-order valence-electron chi connectivity index (χ0n) is 12.8. The first kappa shape index (κ1) is 13.7. The van der Waals surface area contributed by atoms with E-state index in [4.69, 9.17) is 0 Å². The molecule has 0 N–H and O–H groups in total. The van der Waals surface area contributed by atoms with E-state index in [0.29, 0.717) is 13.1 Å². The Morgan fingerprint density at radius 3 is 2.74 bits per heavy atom. The topological polar surface area (TPSA) is 52.7 Å². The normalized spacial score (nSPS) is 11.3. The van der Waals surface area contributed by atoms with Crippen LogP contribution in [0.2, 0.25) is 0 Å². The number of aryl methyl sites for hydroxylation is 1. The van der Waals surface area contributed by atoms with Gasteiger partial charge in [0.2, 0.25) is 0 Å². The highest BCUT2D eigenvalue weighted by Gasteiger charge is 2.13. The van der Waals surface area contributed by atoms with Crippen LogP contribution in [0.15, 0.2) is 59.5 Å². The van der Waals surface area contributed by atoms with E-state index in [1.54, 1.807) is 15.3 Å². The van der Waals surface area contributed by atoms with E-state index in [9.17, 15) is 4.79 Å². The van der Waals surface area contributed by atoms with Crippen LogP contribution in [-0.4, -0.2) is 19.1 Å². The Morgan fingerprint density at radius 1 is 1.00 bits per heavy atom. The molecule has 5 nitrogen and oxygen atoms in total. The highest BCUT2D eigenvalue weighted by molar-refractivity contribution is 5.78. The smallest absolute Gasteiger partial charge is 0.284 e. The fourth-order valence-electron chi connectivity index (χ4n) is 2.94. The second-order valence-electron chi connectivity index (χ2n) is 5.45. The summed E-state index contributed by atoms with van der Waals surface area (Å²) in [5.74, 6) is 0. The van der Waals surface area contributed by atoms with Gasteiger partial charge in [-0.2, -0.15) is 0 Å². The number of pyridine rings is 2. The summed E-state index contributed by atoms with van der Waals surface area (Å²) >= 11 is 0. The number of fused-ring (bicyclic) bond motifs is 2. The SMILES string of the molecule is CCn1c(=O)n(Cc2ccc3ccccc3n2)c2cccnc21. The van der Waals surface area contributed by atoms with Crippen molar-refractivity contribution in [1.29, 1.82) is 0 Å². The van der Waals surface area contributed by atoms with Crippen LogP contribution in [0.1, 0.15) is 12.6 Å². The van der Waals surface area contributed by atoms with Crippen molar-refractivity contribution in [2.75, 3.05) is 0 Å². The maximum absolute atomic E-state index is 12.6. The molecule has 3 heterocycles. The fourth-order valence-corrected chi connectivity index (χ4v) is 2.94. The minimum Gasteiger partial charge on any atom is -0.284 e. The monoisotopic (exact) mass is 304 g/mol. The molecule has 3 aromatic heterocycles. The Kier molecular flexibility index (Phi) is 3.19. The highest BCUT2D eigenvalue weighted by Crippen LogP contribution is 2.15. The van der Waals surface area contributed by atoms with Crippen LogP contribution in [0, 0.1) is 0 Å². The lowest BCUT2D eigenvalue weighted by Crippen LogP contribution is -2.24. The number of aromatic nitrogens is 4. The molecule has 1 aromatic carbocycles. The molecule has 0 fully saturated rings. The lowest BCUT2D eigenvalue weighted by atomic mass is 10.2. The molecular formula is C18H16N4O. The summed E-state index contributed by atoms with van der Waals surface area (Å²) in [7, 11) is 0. The molecule has 23 heavy (non-hydrogen) atoms. The molecular weight excluding hydrogens is 288 g/mol. The summed E-state index contributed by atoms with van der Waals surface area (Å²) in [5.41, 5.74) is 3.33. The van der Waals surface area contributed by atoms with Crippen LogP contribution in [0.3, 0.4) is 0 Å². The van der Waals surface area contributed by atoms with Gasteiger partial charge in [0.1, 0.15) is 0 Å². The van der Waals surface area contributed by atoms with E-state index in [-0.39, 0.29) is 5.69 Å². The average molecular weight is 304 g/mol. The maximum Gasteiger partial charge on any atom is 0.330 e. The van der Waals surface area contributed by atoms with Crippen molar-refractivity contribution in [2.45, 2.75) is 20.0 Å². The van der Waals surface area contributed by atoms with Gasteiger partial charge in [-0.05, 0) is 31.2 Å². The quantitative estimate of drug-likeness (QED) is 0.585. The molecule has 0 saturated heterocycles. The molecule has 0 atom stereocenters. The van der Waals surface area contributed by atoms with Gasteiger partial charge < -0.3 is 0 Å². The van der Waals surface area contributed by atoms with Crippen LogP contribution >= 0.6 is 0 Å². The second kappa shape index (κ2) is 5.35. The van der Waals surface area contributed by atoms with Gasteiger partial charge in [0.05, 0.1) is 23.3 Å². The second-order valence-corrected chi connectivity index (χ2v) is 5.45. The van der Waals surface area contributed by atoms with Crippen LogP contribution in [0.5, 0.6) is 0 Å². The van der Waals surface area contributed by atoms with Gasteiger partial charge in [-0.15, -0.1) is 0 Å². The third-order valence-electron chi connectivity index (χ3n) is 4.07. The fraction of sp³-hybridized carbons (Fsp3) is 0.167. The van der Waals surface area contributed by atoms with E-state index < -0.39 is 0 Å². The van der Waals surface area contributed by atoms with Gasteiger partial charge in [0.15, 0.2) is 5.65 Å². The number of benzene rings is 1. The molecule has 0 aliphatic carbocycles. The van der Waals surface area contributed by atoms with Crippen LogP contribution in [-0.2, 0) is 13.1 Å². The summed E-state index contributed by atoms with van der Waals surface area (Å²) in [5, 5.41) is 1.10. The minimum atomic E-state index is -0.0452. The van der Waals surface area contributed by atoms with Crippen molar-refractivity contribution in [3.63, 3.8) is 0 Å². The molecule has 0 saturated carbocycles. The number of hydrogen-bond acceptors (Lipinski definition) is 3. The first-order valence-corrected chi connectivity index (χ1v) is 7.66. The van der Waals surface area contributed by atoms with Crippen molar-refractivity contribution in [2.24, 2.45) is 0 Å². The molecule has 0 spiro atoms. The van der Waals surface area contributed by atoms with Crippen molar-refractivity contribution in [3.8, 4) is 0 Å². The summed E-state index contributed by atoms with van der Waals surface area (Å²) in [6.45, 7) is 3.00. The first-order valence-electron chi connectivity index (χ1n) is 7.66. The number of hydrogen-bond donors (Lipinski definition) is 0. The molecule has 0 amide bonds. The Labute approximate surface area is 132 Å². The lowest BCUT2D eigenvalue weighted by molar-refractivity contribution is 0.676. The van der Waals surface area contributed by atoms with E-state index in [1.807, 2.05) is 55.5 Å². The maximum atomic E-state index is 12.6. The van der Waals surface area contributed by atoms with Crippen molar-refractivity contribution in [3.05, 3.63) is 70.9 Å². The highest BCUT2D eigenvalue weighted by atomic mass is 16.1. The van der Waals surface area contributed by atoms with Gasteiger partial charge in [-0.1, -0.05) is 24.3 Å². The Balaban J connectivity index is 1.86. The summed E-state index contributed by atoms with van der Waals surface area (Å²) in [6.07, 6.45) is 1.71. The van der Waals surface area contributed by atoms with Gasteiger partial charge in [-0.25, -0.2) is 9.78 Å². The predicted octanol–water partition coefficient (Wildman–Crippen LogP) is 2.81.